The minimum atomic E-state index is -1.23. The fraction of sp³-hybridized carbons (Fsp3) is 0.250. The van der Waals surface area contributed by atoms with Crippen LogP contribution in [-0.4, -0.2) is 29.3 Å². The first kappa shape index (κ1) is 18.9. The number of carbonyl (C=O) groups excluding carboxylic acids is 3. The summed E-state index contributed by atoms with van der Waals surface area (Å²) in [5, 5.41) is 5.93. The van der Waals surface area contributed by atoms with Crippen LogP contribution in [0.2, 0.25) is 5.02 Å². The highest BCUT2D eigenvalue weighted by Gasteiger charge is 2.49. The normalized spacial score (nSPS) is 19.1. The average Bonchev–Trinajstić information content (AvgIpc) is 2.86. The summed E-state index contributed by atoms with van der Waals surface area (Å²) in [6.07, 6.45) is 0.843. The van der Waals surface area contributed by atoms with E-state index in [1.54, 1.807) is 37.3 Å². The van der Waals surface area contributed by atoms with E-state index in [1.807, 2.05) is 25.1 Å². The highest BCUT2D eigenvalue weighted by molar-refractivity contribution is 6.30. The number of rotatable bonds is 5. The van der Waals surface area contributed by atoms with Crippen LogP contribution in [0.25, 0.3) is 0 Å². The van der Waals surface area contributed by atoms with E-state index < -0.39 is 23.4 Å². The number of hydrogen-bond acceptors (Lipinski definition) is 3. The summed E-state index contributed by atoms with van der Waals surface area (Å²) in [6.45, 7) is 3.27. The van der Waals surface area contributed by atoms with Gasteiger partial charge in [-0.15, -0.1) is 0 Å². The molecule has 3 rings (SSSR count). The van der Waals surface area contributed by atoms with Gasteiger partial charge in [0.15, 0.2) is 0 Å². The summed E-state index contributed by atoms with van der Waals surface area (Å²) in [6, 6.07) is 13.5. The summed E-state index contributed by atoms with van der Waals surface area (Å²) in [5.41, 5.74) is 1.08. The molecule has 27 heavy (non-hydrogen) atoms. The molecule has 1 fully saturated rings. The lowest BCUT2D eigenvalue weighted by molar-refractivity contribution is -0.133. The fourth-order valence-corrected chi connectivity index (χ4v) is 3.16. The van der Waals surface area contributed by atoms with Gasteiger partial charge in [-0.1, -0.05) is 42.8 Å². The Kier molecular flexibility index (Phi) is 5.19. The molecule has 0 saturated carbocycles. The number of benzene rings is 2. The molecule has 1 heterocycles. The van der Waals surface area contributed by atoms with Crippen molar-refractivity contribution in [1.29, 1.82) is 0 Å². The molecule has 4 amide bonds. The van der Waals surface area contributed by atoms with Crippen LogP contribution in [0.4, 0.5) is 10.5 Å². The van der Waals surface area contributed by atoms with Gasteiger partial charge in [-0.3, -0.25) is 14.5 Å². The highest BCUT2D eigenvalue weighted by Crippen LogP contribution is 2.29. The first-order valence-corrected chi connectivity index (χ1v) is 9.00. The number of halogens is 1. The summed E-state index contributed by atoms with van der Waals surface area (Å²) in [5.74, 6) is -0.917. The monoisotopic (exact) mass is 385 g/mol. The van der Waals surface area contributed by atoms with Crippen molar-refractivity contribution in [3.63, 3.8) is 0 Å². The van der Waals surface area contributed by atoms with Gasteiger partial charge in [0.25, 0.3) is 5.91 Å². The Hall–Kier alpha value is -2.86. The quantitative estimate of drug-likeness (QED) is 0.775. The van der Waals surface area contributed by atoms with Crippen molar-refractivity contribution in [3.05, 3.63) is 64.7 Å². The number of amides is 4. The van der Waals surface area contributed by atoms with Gasteiger partial charge in [0.1, 0.15) is 12.1 Å². The number of nitrogens with zero attached hydrogens (tertiary/aromatic N) is 1. The van der Waals surface area contributed by atoms with Gasteiger partial charge in [-0.05, 0) is 48.7 Å². The third-order valence-electron chi connectivity index (χ3n) is 4.62. The molecule has 0 spiro atoms. The van der Waals surface area contributed by atoms with Gasteiger partial charge in [-0.2, -0.15) is 0 Å². The molecule has 1 aliphatic heterocycles. The molecule has 2 aromatic carbocycles. The first-order valence-electron chi connectivity index (χ1n) is 8.62. The third-order valence-corrected chi connectivity index (χ3v) is 4.87. The number of carbonyl (C=O) groups is 3. The van der Waals surface area contributed by atoms with Crippen LogP contribution in [0.5, 0.6) is 0 Å². The van der Waals surface area contributed by atoms with Gasteiger partial charge in [0.2, 0.25) is 5.91 Å². The van der Waals surface area contributed by atoms with Crippen molar-refractivity contribution >= 4 is 35.1 Å². The summed E-state index contributed by atoms with van der Waals surface area (Å²) in [4.78, 5) is 38.4. The van der Waals surface area contributed by atoms with E-state index in [9.17, 15) is 14.4 Å². The summed E-state index contributed by atoms with van der Waals surface area (Å²) < 4.78 is 0. The number of anilines is 1. The Morgan fingerprint density at radius 2 is 1.89 bits per heavy atom. The van der Waals surface area contributed by atoms with Crippen LogP contribution in [0.3, 0.4) is 0 Å². The molecule has 2 N–H and O–H groups in total. The van der Waals surface area contributed by atoms with Crippen molar-refractivity contribution < 1.29 is 14.4 Å². The van der Waals surface area contributed by atoms with Gasteiger partial charge in [0.05, 0.1) is 0 Å². The highest BCUT2D eigenvalue weighted by atomic mass is 35.5. The summed E-state index contributed by atoms with van der Waals surface area (Å²) >= 11 is 5.89. The van der Waals surface area contributed by atoms with Crippen molar-refractivity contribution in [2.24, 2.45) is 0 Å². The second-order valence-corrected chi connectivity index (χ2v) is 6.99. The molecule has 6 nitrogen and oxygen atoms in total. The van der Waals surface area contributed by atoms with E-state index in [0.717, 1.165) is 16.9 Å². The molecule has 140 valence electrons. The molecule has 7 heteroatoms. The van der Waals surface area contributed by atoms with E-state index in [0.29, 0.717) is 16.3 Å². The van der Waals surface area contributed by atoms with Gasteiger partial charge < -0.3 is 10.6 Å². The molecule has 0 bridgehead atoms. The second-order valence-electron chi connectivity index (χ2n) is 6.56. The molecule has 1 unspecified atom stereocenters. The standard InChI is InChI=1S/C20H20ClN3O3/c1-3-13-5-4-6-16(11-13)22-17(25)12-24-18(26)20(2,23-19(24)27)14-7-9-15(21)10-8-14/h4-11H,3,12H2,1-2H3,(H,22,25)(H,23,27). The zero-order valence-corrected chi connectivity index (χ0v) is 15.8. The number of nitrogens with one attached hydrogen (secondary N) is 2. The van der Waals surface area contributed by atoms with Crippen molar-refractivity contribution in [1.82, 2.24) is 10.2 Å². The zero-order chi connectivity index (χ0) is 19.6. The van der Waals surface area contributed by atoms with E-state index in [2.05, 4.69) is 10.6 Å². The third kappa shape index (κ3) is 3.80. The van der Waals surface area contributed by atoms with Crippen LogP contribution >= 0.6 is 11.6 Å². The molecule has 1 saturated heterocycles. The van der Waals surface area contributed by atoms with Gasteiger partial charge >= 0.3 is 6.03 Å². The second kappa shape index (κ2) is 7.40. The Labute approximate surface area is 162 Å². The lowest BCUT2D eigenvalue weighted by atomic mass is 9.92. The molecule has 2 aromatic rings. The summed E-state index contributed by atoms with van der Waals surface area (Å²) in [7, 11) is 0. The van der Waals surface area contributed by atoms with Crippen LogP contribution in [0.15, 0.2) is 48.5 Å². The number of imide groups is 1. The van der Waals surface area contributed by atoms with Crippen molar-refractivity contribution in [2.75, 3.05) is 11.9 Å². The van der Waals surface area contributed by atoms with Crippen LogP contribution in [0.1, 0.15) is 25.0 Å². The molecule has 0 aromatic heterocycles. The molecular formula is C20H20ClN3O3. The SMILES string of the molecule is CCc1cccc(NC(=O)CN2C(=O)NC(C)(c3ccc(Cl)cc3)C2=O)c1. The van der Waals surface area contributed by atoms with Crippen LogP contribution in [-0.2, 0) is 21.5 Å². The predicted octanol–water partition coefficient (Wildman–Crippen LogP) is 3.31. The maximum absolute atomic E-state index is 12.8. The van der Waals surface area contributed by atoms with Crippen molar-refractivity contribution in [2.45, 2.75) is 25.8 Å². The van der Waals surface area contributed by atoms with Gasteiger partial charge in [-0.25, -0.2) is 4.79 Å². The molecule has 1 atom stereocenters. The van der Waals surface area contributed by atoms with E-state index >= 15 is 0 Å². The molecule has 1 aliphatic rings. The minimum Gasteiger partial charge on any atom is -0.325 e. The first-order chi connectivity index (χ1) is 12.8. The van der Waals surface area contributed by atoms with Gasteiger partial charge in [0, 0.05) is 10.7 Å². The van der Waals surface area contributed by atoms with E-state index in [4.69, 9.17) is 11.6 Å². The maximum atomic E-state index is 12.8. The molecule has 0 radical (unpaired) electrons. The number of aryl methyl sites for hydroxylation is 1. The maximum Gasteiger partial charge on any atom is 0.325 e. The number of urea groups is 1. The zero-order valence-electron chi connectivity index (χ0n) is 15.1. The predicted molar refractivity (Wildman–Crippen MR) is 103 cm³/mol. The topological polar surface area (TPSA) is 78.5 Å². The van der Waals surface area contributed by atoms with E-state index in [-0.39, 0.29) is 6.54 Å². The Morgan fingerprint density at radius 1 is 1.19 bits per heavy atom. The molecular weight excluding hydrogens is 366 g/mol. The lowest BCUT2D eigenvalue weighted by Crippen LogP contribution is -2.42. The van der Waals surface area contributed by atoms with E-state index in [1.165, 1.54) is 0 Å². The average molecular weight is 386 g/mol. The minimum absolute atomic E-state index is 0.357. The van der Waals surface area contributed by atoms with Crippen LogP contribution in [0, 0.1) is 0 Å². The Balaban J connectivity index is 1.73. The van der Waals surface area contributed by atoms with Crippen molar-refractivity contribution in [3.8, 4) is 0 Å². The largest absolute Gasteiger partial charge is 0.325 e. The fourth-order valence-electron chi connectivity index (χ4n) is 3.03. The number of hydrogen-bond donors (Lipinski definition) is 2. The lowest BCUT2D eigenvalue weighted by Gasteiger charge is -2.22. The molecule has 0 aliphatic carbocycles. The Morgan fingerprint density at radius 3 is 2.56 bits per heavy atom. The van der Waals surface area contributed by atoms with Crippen LogP contribution < -0.4 is 10.6 Å². The Bertz CT molecular complexity index is 898. The smallest absolute Gasteiger partial charge is 0.325 e.